The smallest absolute Gasteiger partial charge is 0.264 e. The van der Waals surface area contributed by atoms with E-state index in [-0.39, 0.29) is 11.9 Å². The molecule has 0 bridgehead atoms. The minimum absolute atomic E-state index is 0.00352. The normalized spacial score (nSPS) is 16.7. The molecule has 1 aromatic carbocycles. The second-order valence-corrected chi connectivity index (χ2v) is 9.39. The van der Waals surface area contributed by atoms with Gasteiger partial charge in [0.15, 0.2) is 11.4 Å². The van der Waals surface area contributed by atoms with E-state index in [0.717, 1.165) is 15.8 Å². The Bertz CT molecular complexity index is 1460. The number of furan rings is 1. The number of anilines is 1. The Morgan fingerprint density at radius 1 is 1.18 bits per heavy atom. The molecule has 1 saturated heterocycles. The van der Waals surface area contributed by atoms with Crippen molar-refractivity contribution in [1.29, 1.82) is 0 Å². The standard InChI is InChI=1S/C23H19ClN6O2S/c1-14-13-28(8-9-29(14)22(31)19-5-3-11-33-19)23-25-17-12-15(24)6-7-16(17)20-26-27-21(30(20)23)18-4-2-10-32-18/h2-7,10-12,14H,8-9,13H2,1H3/t14-/m1/s1. The zero-order valence-electron chi connectivity index (χ0n) is 17.7. The number of benzene rings is 1. The molecule has 0 radical (unpaired) electrons. The number of hydrogen-bond acceptors (Lipinski definition) is 7. The molecular weight excluding hydrogens is 460 g/mol. The lowest BCUT2D eigenvalue weighted by Crippen LogP contribution is -2.54. The molecule has 1 aliphatic rings. The quantitative estimate of drug-likeness (QED) is 0.377. The summed E-state index contributed by atoms with van der Waals surface area (Å²) in [6.07, 6.45) is 1.61. The number of fused-ring (bicyclic) bond motifs is 3. The number of amides is 1. The predicted molar refractivity (Wildman–Crippen MR) is 128 cm³/mol. The number of carbonyl (C=O) groups excluding carboxylic acids is 1. The van der Waals surface area contributed by atoms with E-state index >= 15 is 0 Å². The van der Waals surface area contributed by atoms with Crippen LogP contribution in [0.3, 0.4) is 0 Å². The first-order valence-corrected chi connectivity index (χ1v) is 11.8. The summed E-state index contributed by atoms with van der Waals surface area (Å²) in [5.41, 5.74) is 1.43. The zero-order valence-corrected chi connectivity index (χ0v) is 19.3. The summed E-state index contributed by atoms with van der Waals surface area (Å²) in [4.78, 5) is 22.8. The first-order chi connectivity index (χ1) is 16.1. The van der Waals surface area contributed by atoms with Crippen LogP contribution in [0.1, 0.15) is 16.6 Å². The zero-order chi connectivity index (χ0) is 22.5. The van der Waals surface area contributed by atoms with Crippen LogP contribution in [0.25, 0.3) is 28.1 Å². The molecule has 8 nitrogen and oxygen atoms in total. The van der Waals surface area contributed by atoms with Crippen molar-refractivity contribution >= 4 is 51.3 Å². The Morgan fingerprint density at radius 2 is 2.09 bits per heavy atom. The van der Waals surface area contributed by atoms with Gasteiger partial charge in [0.1, 0.15) is 0 Å². The van der Waals surface area contributed by atoms with Gasteiger partial charge in [0.2, 0.25) is 11.8 Å². The number of piperazine rings is 1. The van der Waals surface area contributed by atoms with Crippen LogP contribution in [0.5, 0.6) is 0 Å². The summed E-state index contributed by atoms with van der Waals surface area (Å²) in [7, 11) is 0. The Morgan fingerprint density at radius 3 is 2.85 bits per heavy atom. The number of halogens is 1. The highest BCUT2D eigenvalue weighted by molar-refractivity contribution is 7.12. The Balaban J connectivity index is 1.45. The maximum atomic E-state index is 13.0. The fourth-order valence-electron chi connectivity index (χ4n) is 4.35. The second-order valence-electron chi connectivity index (χ2n) is 8.00. The van der Waals surface area contributed by atoms with E-state index < -0.39 is 0 Å². The van der Waals surface area contributed by atoms with Crippen LogP contribution in [0.15, 0.2) is 58.5 Å². The lowest BCUT2D eigenvalue weighted by molar-refractivity contribution is 0.0678. The van der Waals surface area contributed by atoms with Crippen LogP contribution in [0.2, 0.25) is 5.02 Å². The SMILES string of the molecule is C[C@@H]1CN(c2nc3cc(Cl)ccc3c3nnc(-c4ccco4)n23)CCN1C(=O)c1cccs1. The van der Waals surface area contributed by atoms with E-state index in [0.29, 0.717) is 47.8 Å². The summed E-state index contributed by atoms with van der Waals surface area (Å²) >= 11 is 7.74. The van der Waals surface area contributed by atoms with Gasteiger partial charge in [-0.05, 0) is 48.7 Å². The molecule has 0 N–H and O–H groups in total. The van der Waals surface area contributed by atoms with Crippen molar-refractivity contribution in [1.82, 2.24) is 24.5 Å². The van der Waals surface area contributed by atoms with Crippen LogP contribution in [-0.2, 0) is 0 Å². The minimum atomic E-state index is 0.00352. The number of rotatable bonds is 3. The van der Waals surface area contributed by atoms with Crippen molar-refractivity contribution in [3.63, 3.8) is 0 Å². The molecule has 10 heteroatoms. The molecule has 0 aliphatic carbocycles. The van der Waals surface area contributed by atoms with Crippen LogP contribution in [0, 0.1) is 0 Å². The van der Waals surface area contributed by atoms with Gasteiger partial charge in [0, 0.05) is 36.1 Å². The van der Waals surface area contributed by atoms with Crippen LogP contribution < -0.4 is 4.90 Å². The maximum absolute atomic E-state index is 13.0. The minimum Gasteiger partial charge on any atom is -0.461 e. The molecule has 166 valence electrons. The molecule has 6 rings (SSSR count). The summed E-state index contributed by atoms with van der Waals surface area (Å²) in [6.45, 7) is 3.91. The van der Waals surface area contributed by atoms with E-state index in [1.807, 2.05) is 57.1 Å². The molecule has 1 aliphatic heterocycles. The number of thiophene rings is 1. The predicted octanol–water partition coefficient (Wildman–Crippen LogP) is 4.60. The van der Waals surface area contributed by atoms with E-state index in [4.69, 9.17) is 21.0 Å². The average Bonchev–Trinajstić information content (AvgIpc) is 3.59. The van der Waals surface area contributed by atoms with Gasteiger partial charge in [-0.15, -0.1) is 21.5 Å². The van der Waals surface area contributed by atoms with E-state index in [2.05, 4.69) is 22.0 Å². The second kappa shape index (κ2) is 7.86. The van der Waals surface area contributed by atoms with Gasteiger partial charge in [0.05, 0.1) is 16.7 Å². The summed E-state index contributed by atoms with van der Waals surface area (Å²) in [5, 5.41) is 12.3. The molecule has 1 amide bonds. The summed E-state index contributed by atoms with van der Waals surface area (Å²) in [6, 6.07) is 13.0. The van der Waals surface area contributed by atoms with Gasteiger partial charge >= 0.3 is 0 Å². The molecule has 33 heavy (non-hydrogen) atoms. The van der Waals surface area contributed by atoms with Crippen molar-refractivity contribution < 1.29 is 9.21 Å². The van der Waals surface area contributed by atoms with E-state index in [9.17, 15) is 4.79 Å². The van der Waals surface area contributed by atoms with Gasteiger partial charge in [-0.2, -0.15) is 0 Å². The lowest BCUT2D eigenvalue weighted by atomic mass is 10.2. The summed E-state index contributed by atoms with van der Waals surface area (Å²) in [5.74, 6) is 1.96. The molecule has 5 heterocycles. The molecule has 0 unspecified atom stereocenters. The van der Waals surface area contributed by atoms with Crippen molar-refractivity contribution in [2.45, 2.75) is 13.0 Å². The third-order valence-electron chi connectivity index (χ3n) is 5.93. The topological polar surface area (TPSA) is 79.8 Å². The molecular formula is C23H19ClN6O2S. The van der Waals surface area contributed by atoms with Crippen molar-refractivity contribution in [2.75, 3.05) is 24.5 Å². The van der Waals surface area contributed by atoms with Crippen molar-refractivity contribution in [3.05, 3.63) is 64.0 Å². The third kappa shape index (κ3) is 3.35. The average molecular weight is 479 g/mol. The summed E-state index contributed by atoms with van der Waals surface area (Å²) < 4.78 is 7.56. The Labute approximate surface area is 198 Å². The highest BCUT2D eigenvalue weighted by Crippen LogP contribution is 2.31. The Kier molecular flexibility index (Phi) is 4.81. The molecule has 4 aromatic heterocycles. The highest BCUT2D eigenvalue weighted by atomic mass is 35.5. The van der Waals surface area contributed by atoms with Gasteiger partial charge in [0.25, 0.3) is 5.91 Å². The van der Waals surface area contributed by atoms with Crippen molar-refractivity contribution in [2.24, 2.45) is 0 Å². The number of aromatic nitrogens is 4. The van der Waals surface area contributed by atoms with Gasteiger partial charge in [-0.1, -0.05) is 17.7 Å². The van der Waals surface area contributed by atoms with E-state index in [1.54, 1.807) is 6.26 Å². The van der Waals surface area contributed by atoms with Crippen LogP contribution in [-0.4, -0.2) is 56.1 Å². The molecule has 0 saturated carbocycles. The largest absolute Gasteiger partial charge is 0.461 e. The van der Waals surface area contributed by atoms with E-state index in [1.165, 1.54) is 11.3 Å². The molecule has 1 atom stereocenters. The van der Waals surface area contributed by atoms with Gasteiger partial charge in [-0.25, -0.2) is 9.38 Å². The van der Waals surface area contributed by atoms with Gasteiger partial charge in [-0.3, -0.25) is 4.79 Å². The molecule has 5 aromatic rings. The first kappa shape index (κ1) is 20.2. The fourth-order valence-corrected chi connectivity index (χ4v) is 5.20. The van der Waals surface area contributed by atoms with Crippen molar-refractivity contribution in [3.8, 4) is 11.6 Å². The van der Waals surface area contributed by atoms with Gasteiger partial charge < -0.3 is 14.2 Å². The molecule has 1 fully saturated rings. The molecule has 0 spiro atoms. The number of nitrogens with zero attached hydrogens (tertiary/aromatic N) is 6. The number of carbonyl (C=O) groups is 1. The highest BCUT2D eigenvalue weighted by Gasteiger charge is 2.31. The Hall–Kier alpha value is -3.43. The monoisotopic (exact) mass is 478 g/mol. The first-order valence-electron chi connectivity index (χ1n) is 10.6. The third-order valence-corrected chi connectivity index (χ3v) is 7.02. The number of hydrogen-bond donors (Lipinski definition) is 0. The fraction of sp³-hybridized carbons (Fsp3) is 0.217. The van der Waals surface area contributed by atoms with Crippen LogP contribution in [0.4, 0.5) is 5.95 Å². The maximum Gasteiger partial charge on any atom is 0.264 e. The van der Waals surface area contributed by atoms with Crippen LogP contribution >= 0.6 is 22.9 Å². The lowest BCUT2D eigenvalue weighted by Gasteiger charge is -2.40.